The summed E-state index contributed by atoms with van der Waals surface area (Å²) in [5.74, 6) is 1.89. The van der Waals surface area contributed by atoms with Crippen molar-refractivity contribution >= 4 is 17.5 Å². The van der Waals surface area contributed by atoms with Gasteiger partial charge in [-0.1, -0.05) is 74.7 Å². The molecule has 204 valence electrons. The molecule has 0 radical (unpaired) electrons. The summed E-state index contributed by atoms with van der Waals surface area (Å²) in [5.41, 5.74) is -0.776. The van der Waals surface area contributed by atoms with Crippen molar-refractivity contribution in [1.82, 2.24) is 0 Å². The quantitative estimate of drug-likeness (QED) is 0.356. The van der Waals surface area contributed by atoms with Crippen LogP contribution < -0.4 is 0 Å². The van der Waals surface area contributed by atoms with Crippen LogP contribution in [0.5, 0.6) is 0 Å². The Morgan fingerprint density at radius 1 is 0.917 bits per heavy atom. The fourth-order valence-electron chi connectivity index (χ4n) is 10.3. The van der Waals surface area contributed by atoms with E-state index in [1.807, 2.05) is 0 Å². The molecule has 0 amide bonds. The van der Waals surface area contributed by atoms with E-state index >= 15 is 0 Å². The molecule has 4 saturated carbocycles. The maximum absolute atomic E-state index is 14.2. The Hall–Kier alpha value is -1.19. The third kappa shape index (κ3) is 4.03. The average molecular weight is 501 g/mol. The molecule has 4 fully saturated rings. The van der Waals surface area contributed by atoms with Crippen LogP contribution in [0.1, 0.15) is 120 Å². The Balaban J connectivity index is 1.65. The molecule has 0 aliphatic heterocycles. The normalized spacial score (nSPS) is 44.6. The van der Waals surface area contributed by atoms with Crippen LogP contribution in [-0.4, -0.2) is 23.6 Å². The van der Waals surface area contributed by atoms with Gasteiger partial charge in [-0.15, -0.1) is 0 Å². The van der Waals surface area contributed by atoms with Crippen LogP contribution in [0.15, 0.2) is 0 Å². The highest BCUT2D eigenvalue weighted by Crippen LogP contribution is 2.73. The van der Waals surface area contributed by atoms with E-state index in [1.165, 1.54) is 26.2 Å². The molecule has 0 aromatic heterocycles. The largest absolute Gasteiger partial charge is 0.462 e. The number of carbonyl (C=O) groups is 3. The molecule has 0 aromatic rings. The first-order chi connectivity index (χ1) is 16.6. The third-order valence-electron chi connectivity index (χ3n) is 12.4. The number of Topliss-reactive ketones (excluding diaryl/α,β-unsaturated/α-hetero) is 2. The van der Waals surface area contributed by atoms with Crippen LogP contribution in [0.25, 0.3) is 0 Å². The smallest absolute Gasteiger partial charge is 0.302 e. The average Bonchev–Trinajstić information content (AvgIpc) is 3.02. The van der Waals surface area contributed by atoms with E-state index in [1.54, 1.807) is 0 Å². The summed E-state index contributed by atoms with van der Waals surface area (Å²) in [6, 6.07) is 0. The minimum Gasteiger partial charge on any atom is -0.462 e. The first kappa shape index (κ1) is 27.8. The number of carbonyl (C=O) groups excluding carboxylic acids is 3. The van der Waals surface area contributed by atoms with Crippen molar-refractivity contribution in [3.63, 3.8) is 0 Å². The van der Waals surface area contributed by atoms with E-state index in [2.05, 4.69) is 55.4 Å². The Kier molecular flexibility index (Phi) is 7.13. The lowest BCUT2D eigenvalue weighted by atomic mass is 9.37. The zero-order valence-electron chi connectivity index (χ0n) is 24.5. The Bertz CT molecular complexity index is 904. The van der Waals surface area contributed by atoms with Gasteiger partial charge in [0.15, 0.2) is 0 Å². The third-order valence-corrected chi connectivity index (χ3v) is 12.4. The van der Waals surface area contributed by atoms with E-state index in [0.29, 0.717) is 36.2 Å². The van der Waals surface area contributed by atoms with E-state index in [9.17, 15) is 14.4 Å². The number of ketones is 2. The molecule has 0 bridgehead atoms. The van der Waals surface area contributed by atoms with Gasteiger partial charge in [-0.25, -0.2) is 0 Å². The van der Waals surface area contributed by atoms with Gasteiger partial charge in [0, 0.05) is 37.0 Å². The molecule has 4 aliphatic rings. The molecule has 36 heavy (non-hydrogen) atoms. The summed E-state index contributed by atoms with van der Waals surface area (Å²) >= 11 is 0. The molecule has 4 nitrogen and oxygen atoms in total. The summed E-state index contributed by atoms with van der Waals surface area (Å²) < 4.78 is 5.76. The van der Waals surface area contributed by atoms with Crippen LogP contribution in [-0.2, 0) is 19.1 Å². The van der Waals surface area contributed by atoms with Gasteiger partial charge < -0.3 is 4.74 Å². The van der Waals surface area contributed by atoms with Gasteiger partial charge in [0.25, 0.3) is 0 Å². The van der Waals surface area contributed by atoms with Gasteiger partial charge in [-0.05, 0) is 65.6 Å². The van der Waals surface area contributed by atoms with Crippen LogP contribution in [0, 0.1) is 57.2 Å². The fourth-order valence-corrected chi connectivity index (χ4v) is 10.3. The minimum atomic E-state index is -0.329. The number of ether oxygens (including phenoxy) is 1. The van der Waals surface area contributed by atoms with E-state index in [4.69, 9.17) is 4.74 Å². The molecule has 0 aromatic carbocycles. The highest BCUT2D eigenvalue weighted by molar-refractivity contribution is 5.95. The van der Waals surface area contributed by atoms with Crippen molar-refractivity contribution in [3.05, 3.63) is 0 Å². The van der Waals surface area contributed by atoms with Crippen molar-refractivity contribution in [2.45, 2.75) is 126 Å². The molecule has 0 heterocycles. The molecule has 0 saturated heterocycles. The summed E-state index contributed by atoms with van der Waals surface area (Å²) in [6.45, 7) is 19.8. The molecule has 4 rings (SSSR count). The second-order valence-electron chi connectivity index (χ2n) is 15.1. The van der Waals surface area contributed by atoms with Crippen LogP contribution in [0.2, 0.25) is 0 Å². The number of fused-ring (bicyclic) bond motifs is 5. The van der Waals surface area contributed by atoms with Gasteiger partial charge in [-0.2, -0.15) is 0 Å². The number of rotatable bonds is 6. The molecular weight excluding hydrogens is 448 g/mol. The topological polar surface area (TPSA) is 60.4 Å². The highest BCUT2D eigenvalue weighted by atomic mass is 16.5. The lowest BCUT2D eigenvalue weighted by Crippen LogP contribution is -2.67. The minimum absolute atomic E-state index is 0.0564. The van der Waals surface area contributed by atoms with E-state index in [0.717, 1.165) is 31.6 Å². The highest BCUT2D eigenvalue weighted by Gasteiger charge is 2.72. The van der Waals surface area contributed by atoms with Crippen molar-refractivity contribution < 1.29 is 19.1 Å². The van der Waals surface area contributed by atoms with Gasteiger partial charge in [-0.3, -0.25) is 14.4 Å². The number of hydrogen-bond donors (Lipinski definition) is 0. The van der Waals surface area contributed by atoms with Crippen LogP contribution in [0.4, 0.5) is 0 Å². The molecule has 9 atom stereocenters. The number of hydrogen-bond acceptors (Lipinski definition) is 4. The number of esters is 1. The zero-order chi connectivity index (χ0) is 26.8. The van der Waals surface area contributed by atoms with Crippen molar-refractivity contribution in [2.24, 2.45) is 57.2 Å². The summed E-state index contributed by atoms with van der Waals surface area (Å²) in [6.07, 6.45) is 8.48. The molecule has 0 spiro atoms. The van der Waals surface area contributed by atoms with Gasteiger partial charge >= 0.3 is 5.97 Å². The predicted octanol–water partition coefficient (Wildman–Crippen LogP) is 7.42. The Morgan fingerprint density at radius 2 is 1.58 bits per heavy atom. The zero-order valence-corrected chi connectivity index (χ0v) is 24.5. The SMILES string of the molecule is CC(=O)O[C@H]1CC[C@]2(C)[C@H]3C(=O)C[C@]4(C)C([C@H](C)CCCC(C)C)CC[C@@]4(C)[C@@H]3C(=O)C[C@H]2C1(C)C. The standard InChI is InChI=1S/C32H52O4/c1-19(2)11-10-12-20(3)22-13-16-31(8)28-23(34)17-25-29(5,6)26(36-21(4)33)14-15-30(25,7)27(28)24(35)18-32(22,31)9/h19-20,22,25-28H,10-18H2,1-9H3/t20-,22?,25+,26+,27+,28-,30+,31+,32-/m1/s1. The lowest BCUT2D eigenvalue weighted by molar-refractivity contribution is -0.206. The second-order valence-corrected chi connectivity index (χ2v) is 15.1. The van der Waals surface area contributed by atoms with Crippen LogP contribution in [0.3, 0.4) is 0 Å². The maximum Gasteiger partial charge on any atom is 0.302 e. The molecule has 4 aliphatic carbocycles. The van der Waals surface area contributed by atoms with Crippen molar-refractivity contribution in [2.75, 3.05) is 0 Å². The molecular formula is C32H52O4. The van der Waals surface area contributed by atoms with Gasteiger partial charge in [0.05, 0.1) is 0 Å². The van der Waals surface area contributed by atoms with E-state index in [-0.39, 0.29) is 51.5 Å². The Morgan fingerprint density at radius 3 is 2.19 bits per heavy atom. The van der Waals surface area contributed by atoms with Crippen molar-refractivity contribution in [1.29, 1.82) is 0 Å². The molecule has 4 heteroatoms. The summed E-state index contributed by atoms with van der Waals surface area (Å²) in [5, 5.41) is 0. The summed E-state index contributed by atoms with van der Waals surface area (Å²) in [7, 11) is 0. The fraction of sp³-hybridized carbons (Fsp3) is 0.906. The summed E-state index contributed by atoms with van der Waals surface area (Å²) in [4.78, 5) is 40.2. The van der Waals surface area contributed by atoms with Gasteiger partial charge in [0.1, 0.15) is 17.7 Å². The van der Waals surface area contributed by atoms with Gasteiger partial charge in [0.2, 0.25) is 0 Å². The van der Waals surface area contributed by atoms with Crippen LogP contribution >= 0.6 is 0 Å². The first-order valence-electron chi connectivity index (χ1n) is 14.8. The lowest BCUT2D eigenvalue weighted by Gasteiger charge is -2.65. The maximum atomic E-state index is 14.2. The second kappa shape index (κ2) is 9.23. The molecule has 0 N–H and O–H groups in total. The van der Waals surface area contributed by atoms with Crippen molar-refractivity contribution in [3.8, 4) is 0 Å². The Labute approximate surface area is 220 Å². The first-order valence-corrected chi connectivity index (χ1v) is 14.8. The van der Waals surface area contributed by atoms with E-state index < -0.39 is 0 Å². The molecule has 1 unspecified atom stereocenters. The predicted molar refractivity (Wildman–Crippen MR) is 143 cm³/mol. The monoisotopic (exact) mass is 500 g/mol.